The smallest absolute Gasteiger partial charge is 0.119 e. The quantitative estimate of drug-likeness (QED) is 0.824. The van der Waals surface area contributed by atoms with E-state index in [0.29, 0.717) is 0 Å². The summed E-state index contributed by atoms with van der Waals surface area (Å²) in [4.78, 5) is 5.19. The SMILES string of the molecule is COc1ccc2c(c1)CCCN2CCN1CCCCC1.Cl.Cl. The lowest BCUT2D eigenvalue weighted by atomic mass is 10.0. The number of likely N-dealkylation sites (tertiary alicyclic amines) is 1. The second kappa shape index (κ2) is 9.49. The summed E-state index contributed by atoms with van der Waals surface area (Å²) < 4.78 is 5.34. The Bertz CT molecular complexity index is 450. The van der Waals surface area contributed by atoms with Gasteiger partial charge >= 0.3 is 0 Å². The van der Waals surface area contributed by atoms with Gasteiger partial charge in [-0.15, -0.1) is 24.8 Å². The molecule has 0 aromatic heterocycles. The summed E-state index contributed by atoms with van der Waals surface area (Å²) in [5, 5.41) is 0. The largest absolute Gasteiger partial charge is 0.497 e. The van der Waals surface area contributed by atoms with Crippen molar-refractivity contribution in [3.63, 3.8) is 0 Å². The zero-order valence-corrected chi connectivity index (χ0v) is 15.1. The fourth-order valence-corrected chi connectivity index (χ4v) is 3.46. The molecular formula is C17H28Cl2N2O. The van der Waals surface area contributed by atoms with E-state index in [0.717, 1.165) is 5.75 Å². The van der Waals surface area contributed by atoms with Crippen molar-refractivity contribution in [1.82, 2.24) is 4.90 Å². The van der Waals surface area contributed by atoms with Crippen LogP contribution in [0.5, 0.6) is 5.75 Å². The Hall–Kier alpha value is -0.640. The first kappa shape index (κ1) is 19.4. The maximum Gasteiger partial charge on any atom is 0.119 e. The second-order valence-electron chi connectivity index (χ2n) is 5.99. The minimum Gasteiger partial charge on any atom is -0.497 e. The lowest BCUT2D eigenvalue weighted by Gasteiger charge is -2.34. The Balaban J connectivity index is 0.00000121. The average Bonchev–Trinajstić information content (AvgIpc) is 2.53. The van der Waals surface area contributed by atoms with E-state index in [-0.39, 0.29) is 24.8 Å². The minimum atomic E-state index is 0. The molecule has 3 nitrogen and oxygen atoms in total. The lowest BCUT2D eigenvalue weighted by Crippen LogP contribution is -2.39. The van der Waals surface area contributed by atoms with E-state index in [9.17, 15) is 0 Å². The van der Waals surface area contributed by atoms with Gasteiger partial charge in [0.1, 0.15) is 5.75 Å². The fourth-order valence-electron chi connectivity index (χ4n) is 3.46. The van der Waals surface area contributed by atoms with Gasteiger partial charge < -0.3 is 14.5 Å². The number of hydrogen-bond donors (Lipinski definition) is 0. The summed E-state index contributed by atoms with van der Waals surface area (Å²) >= 11 is 0. The third kappa shape index (κ3) is 4.68. The standard InChI is InChI=1S/C17H26N2O.2ClH/c1-20-16-7-8-17-15(14-16)6-5-11-19(17)13-12-18-9-3-2-4-10-18;;/h7-8,14H,2-6,9-13H2,1H3;2*1H. The van der Waals surface area contributed by atoms with Gasteiger partial charge in [-0.2, -0.15) is 0 Å². The van der Waals surface area contributed by atoms with Gasteiger partial charge in [0.15, 0.2) is 0 Å². The molecule has 1 aromatic carbocycles. The molecule has 2 aliphatic heterocycles. The summed E-state index contributed by atoms with van der Waals surface area (Å²) in [5.41, 5.74) is 2.88. The predicted octanol–water partition coefficient (Wildman–Crippen LogP) is 3.78. The first-order chi connectivity index (χ1) is 9.86. The molecule has 1 fully saturated rings. The number of nitrogens with zero attached hydrogens (tertiary/aromatic N) is 2. The first-order valence-electron chi connectivity index (χ1n) is 8.01. The number of fused-ring (bicyclic) bond motifs is 1. The predicted molar refractivity (Wildman–Crippen MR) is 98.3 cm³/mol. The van der Waals surface area contributed by atoms with Gasteiger partial charge in [0.25, 0.3) is 0 Å². The molecule has 0 amide bonds. The summed E-state index contributed by atoms with van der Waals surface area (Å²) in [6.07, 6.45) is 6.64. The van der Waals surface area contributed by atoms with Crippen LogP contribution in [0.2, 0.25) is 0 Å². The minimum absolute atomic E-state index is 0. The molecule has 3 rings (SSSR count). The van der Waals surface area contributed by atoms with Crippen LogP contribution in [0.25, 0.3) is 0 Å². The van der Waals surface area contributed by atoms with Crippen LogP contribution in [0.15, 0.2) is 18.2 Å². The van der Waals surface area contributed by atoms with Crippen molar-refractivity contribution in [2.45, 2.75) is 32.1 Å². The molecule has 2 aliphatic rings. The van der Waals surface area contributed by atoms with Gasteiger partial charge in [-0.05, 0) is 62.5 Å². The molecule has 126 valence electrons. The van der Waals surface area contributed by atoms with Crippen LogP contribution < -0.4 is 9.64 Å². The van der Waals surface area contributed by atoms with Crippen molar-refractivity contribution in [1.29, 1.82) is 0 Å². The molecule has 0 radical (unpaired) electrons. The number of anilines is 1. The van der Waals surface area contributed by atoms with E-state index in [1.807, 2.05) is 0 Å². The Morgan fingerprint density at radius 3 is 2.45 bits per heavy atom. The normalized spacial score (nSPS) is 18.0. The van der Waals surface area contributed by atoms with Crippen molar-refractivity contribution in [3.05, 3.63) is 23.8 Å². The van der Waals surface area contributed by atoms with E-state index in [1.54, 1.807) is 7.11 Å². The van der Waals surface area contributed by atoms with Gasteiger partial charge in [-0.25, -0.2) is 0 Å². The summed E-state index contributed by atoms with van der Waals surface area (Å²) in [5.74, 6) is 0.988. The maximum absolute atomic E-state index is 5.34. The van der Waals surface area contributed by atoms with Crippen molar-refractivity contribution < 1.29 is 4.74 Å². The van der Waals surface area contributed by atoms with E-state index in [4.69, 9.17) is 4.74 Å². The van der Waals surface area contributed by atoms with Gasteiger partial charge in [0, 0.05) is 25.3 Å². The monoisotopic (exact) mass is 346 g/mol. The molecule has 0 N–H and O–H groups in total. The molecule has 1 aromatic rings. The van der Waals surface area contributed by atoms with Gasteiger partial charge in [-0.1, -0.05) is 6.42 Å². The topological polar surface area (TPSA) is 15.7 Å². The molecule has 1 saturated heterocycles. The van der Waals surface area contributed by atoms with Crippen molar-refractivity contribution in [3.8, 4) is 5.75 Å². The molecule has 0 bridgehead atoms. The van der Waals surface area contributed by atoms with E-state index >= 15 is 0 Å². The fraction of sp³-hybridized carbons (Fsp3) is 0.647. The third-order valence-corrected chi connectivity index (χ3v) is 4.64. The number of aryl methyl sites for hydroxylation is 1. The number of hydrogen-bond acceptors (Lipinski definition) is 3. The van der Waals surface area contributed by atoms with Crippen molar-refractivity contribution >= 4 is 30.5 Å². The molecule has 2 heterocycles. The Kier molecular flexibility index (Phi) is 8.37. The van der Waals surface area contributed by atoms with E-state index < -0.39 is 0 Å². The maximum atomic E-state index is 5.34. The molecule has 0 aliphatic carbocycles. The highest BCUT2D eigenvalue weighted by atomic mass is 35.5. The zero-order valence-electron chi connectivity index (χ0n) is 13.4. The third-order valence-electron chi connectivity index (χ3n) is 4.64. The Labute approximate surface area is 146 Å². The van der Waals surface area contributed by atoms with Crippen LogP contribution in [-0.2, 0) is 6.42 Å². The van der Waals surface area contributed by atoms with Crippen LogP contribution >= 0.6 is 24.8 Å². The molecule has 0 atom stereocenters. The summed E-state index contributed by atoms with van der Waals surface area (Å²) in [6, 6.07) is 6.55. The summed E-state index contributed by atoms with van der Waals surface area (Å²) in [6.45, 7) is 6.17. The van der Waals surface area contributed by atoms with Crippen molar-refractivity contribution in [2.24, 2.45) is 0 Å². The van der Waals surface area contributed by atoms with Crippen LogP contribution in [-0.4, -0.2) is 44.7 Å². The van der Waals surface area contributed by atoms with Crippen LogP contribution in [0.1, 0.15) is 31.2 Å². The Morgan fingerprint density at radius 2 is 1.73 bits per heavy atom. The number of piperidine rings is 1. The molecule has 5 heteroatoms. The van der Waals surface area contributed by atoms with Crippen molar-refractivity contribution in [2.75, 3.05) is 44.7 Å². The number of methoxy groups -OCH3 is 1. The van der Waals surface area contributed by atoms with E-state index in [1.165, 1.54) is 76.1 Å². The molecule has 0 spiro atoms. The summed E-state index contributed by atoms with van der Waals surface area (Å²) in [7, 11) is 1.75. The number of ether oxygens (including phenoxy) is 1. The highest BCUT2D eigenvalue weighted by Crippen LogP contribution is 2.30. The molecule has 0 unspecified atom stereocenters. The molecular weight excluding hydrogens is 319 g/mol. The van der Waals surface area contributed by atoms with Gasteiger partial charge in [0.05, 0.1) is 7.11 Å². The van der Waals surface area contributed by atoms with Gasteiger partial charge in [0.2, 0.25) is 0 Å². The number of rotatable bonds is 4. The average molecular weight is 347 g/mol. The molecule has 22 heavy (non-hydrogen) atoms. The first-order valence-corrected chi connectivity index (χ1v) is 8.01. The highest BCUT2D eigenvalue weighted by molar-refractivity contribution is 5.85. The number of benzene rings is 1. The van der Waals surface area contributed by atoms with E-state index in [2.05, 4.69) is 28.0 Å². The van der Waals surface area contributed by atoms with Crippen LogP contribution in [0.3, 0.4) is 0 Å². The second-order valence-corrected chi connectivity index (χ2v) is 5.99. The number of halogens is 2. The Morgan fingerprint density at radius 1 is 0.955 bits per heavy atom. The lowest BCUT2D eigenvalue weighted by molar-refractivity contribution is 0.233. The van der Waals surface area contributed by atoms with Crippen LogP contribution in [0, 0.1) is 0 Å². The highest BCUT2D eigenvalue weighted by Gasteiger charge is 2.18. The zero-order chi connectivity index (χ0) is 13.8. The molecule has 0 saturated carbocycles. The van der Waals surface area contributed by atoms with Gasteiger partial charge in [-0.3, -0.25) is 0 Å². The van der Waals surface area contributed by atoms with Crippen LogP contribution in [0.4, 0.5) is 5.69 Å².